The molecule has 1 aromatic heterocycles. The van der Waals surface area contributed by atoms with E-state index in [1.807, 2.05) is 18.2 Å². The van der Waals surface area contributed by atoms with Crippen molar-refractivity contribution >= 4 is 22.6 Å². The van der Waals surface area contributed by atoms with E-state index < -0.39 is 0 Å². The number of fused-ring (bicyclic) bond motifs is 3. The number of carbonyl (C=O) groups is 2. The quantitative estimate of drug-likeness (QED) is 0.756. The van der Waals surface area contributed by atoms with Crippen LogP contribution in [0.3, 0.4) is 0 Å². The summed E-state index contributed by atoms with van der Waals surface area (Å²) in [6, 6.07) is 8.31. The Morgan fingerprint density at radius 2 is 2.04 bits per heavy atom. The third kappa shape index (κ3) is 1.62. The molecule has 0 bridgehead atoms. The number of Topliss-reactive ketones (excluding diaryl/α,β-unsaturated/α-hetero) is 1. The van der Waals surface area contributed by atoms with E-state index in [-0.39, 0.29) is 23.1 Å². The number of carbonyl (C=O) groups excluding carboxylic acids is 2. The molecule has 0 saturated carbocycles. The molecule has 0 radical (unpaired) electrons. The molecule has 1 fully saturated rings. The highest BCUT2D eigenvalue weighted by atomic mass is 16.2. The van der Waals surface area contributed by atoms with Crippen LogP contribution in [0.1, 0.15) is 54.7 Å². The number of hydrogen-bond donors (Lipinski definition) is 0. The lowest BCUT2D eigenvalue weighted by Crippen LogP contribution is -2.49. The van der Waals surface area contributed by atoms with E-state index in [4.69, 9.17) is 0 Å². The third-order valence-corrected chi connectivity index (χ3v) is 6.65. The van der Waals surface area contributed by atoms with Gasteiger partial charge in [-0.15, -0.1) is 0 Å². The van der Waals surface area contributed by atoms with Crippen molar-refractivity contribution in [3.8, 4) is 0 Å². The van der Waals surface area contributed by atoms with Gasteiger partial charge in [0, 0.05) is 24.0 Å². The molecule has 3 aliphatic rings. The second kappa shape index (κ2) is 4.79. The van der Waals surface area contributed by atoms with E-state index in [0.717, 1.165) is 55.4 Å². The number of nitrogens with zero attached hydrogens (tertiary/aromatic N) is 2. The van der Waals surface area contributed by atoms with Gasteiger partial charge in [-0.05, 0) is 49.3 Å². The van der Waals surface area contributed by atoms with Crippen molar-refractivity contribution in [2.75, 3.05) is 13.1 Å². The van der Waals surface area contributed by atoms with Crippen molar-refractivity contribution in [1.82, 2.24) is 9.47 Å². The zero-order valence-electron chi connectivity index (χ0n) is 14.0. The smallest absolute Gasteiger partial charge is 0.294 e. The van der Waals surface area contributed by atoms with Crippen LogP contribution in [0.4, 0.5) is 0 Å². The summed E-state index contributed by atoms with van der Waals surface area (Å²) in [4.78, 5) is 28.3. The Bertz CT molecular complexity index is 881. The van der Waals surface area contributed by atoms with Gasteiger partial charge < -0.3 is 0 Å². The molecule has 0 spiro atoms. The van der Waals surface area contributed by atoms with Crippen LogP contribution in [-0.4, -0.2) is 34.2 Å². The van der Waals surface area contributed by atoms with E-state index in [0.29, 0.717) is 6.42 Å². The molecule has 0 aliphatic carbocycles. The Labute approximate surface area is 141 Å². The van der Waals surface area contributed by atoms with Crippen LogP contribution in [0.15, 0.2) is 24.3 Å². The van der Waals surface area contributed by atoms with E-state index >= 15 is 0 Å². The lowest BCUT2D eigenvalue weighted by molar-refractivity contribution is -0.120. The molecule has 2 atom stereocenters. The van der Waals surface area contributed by atoms with Gasteiger partial charge in [-0.2, -0.15) is 0 Å². The lowest BCUT2D eigenvalue weighted by Gasteiger charge is -2.51. The normalized spacial score (nSPS) is 29.6. The van der Waals surface area contributed by atoms with Gasteiger partial charge in [0.05, 0.1) is 11.6 Å². The molecule has 124 valence electrons. The minimum absolute atomic E-state index is 0.0806. The zero-order valence-corrected chi connectivity index (χ0v) is 14.0. The molecule has 0 amide bonds. The molecule has 0 N–H and O–H groups in total. The van der Waals surface area contributed by atoms with E-state index in [1.54, 1.807) is 4.57 Å². The largest absolute Gasteiger partial charge is 0.298 e. The summed E-state index contributed by atoms with van der Waals surface area (Å²) in [5.74, 6) is -0.534. The Hall–Kier alpha value is -1.94. The molecule has 2 aromatic rings. The fourth-order valence-corrected chi connectivity index (χ4v) is 5.54. The predicted molar refractivity (Wildman–Crippen MR) is 92.2 cm³/mol. The summed E-state index contributed by atoms with van der Waals surface area (Å²) in [6.07, 6.45) is 4.50. The van der Waals surface area contributed by atoms with Gasteiger partial charge in [0.15, 0.2) is 0 Å². The van der Waals surface area contributed by atoms with Crippen molar-refractivity contribution in [3.63, 3.8) is 0 Å². The lowest BCUT2D eigenvalue weighted by atomic mass is 9.66. The second-order valence-corrected chi connectivity index (χ2v) is 7.63. The maximum absolute atomic E-state index is 13.0. The molecule has 5 rings (SSSR count). The number of para-hydroxylation sites is 1. The summed E-state index contributed by atoms with van der Waals surface area (Å²) in [7, 11) is 0. The zero-order chi connectivity index (χ0) is 16.5. The Morgan fingerprint density at radius 3 is 2.88 bits per heavy atom. The van der Waals surface area contributed by atoms with Crippen LogP contribution in [0.25, 0.3) is 10.9 Å². The molecule has 24 heavy (non-hydrogen) atoms. The molecule has 3 aliphatic heterocycles. The van der Waals surface area contributed by atoms with Gasteiger partial charge in [-0.1, -0.05) is 25.1 Å². The number of piperidine rings is 1. The molecule has 1 saturated heterocycles. The van der Waals surface area contributed by atoms with Gasteiger partial charge in [0.2, 0.25) is 5.78 Å². The monoisotopic (exact) mass is 322 g/mol. The fourth-order valence-electron chi connectivity index (χ4n) is 5.54. The molecular weight excluding hydrogens is 300 g/mol. The van der Waals surface area contributed by atoms with Crippen molar-refractivity contribution in [2.45, 2.75) is 45.1 Å². The van der Waals surface area contributed by atoms with Gasteiger partial charge in [0.25, 0.3) is 5.91 Å². The van der Waals surface area contributed by atoms with Gasteiger partial charge in [-0.3, -0.25) is 19.1 Å². The maximum atomic E-state index is 13.0. The van der Waals surface area contributed by atoms with E-state index in [9.17, 15) is 9.59 Å². The van der Waals surface area contributed by atoms with Crippen LogP contribution < -0.4 is 0 Å². The molecule has 4 heteroatoms. The molecule has 4 nitrogen and oxygen atoms in total. The fraction of sp³-hybridized carbons (Fsp3) is 0.500. The van der Waals surface area contributed by atoms with Crippen molar-refractivity contribution in [3.05, 3.63) is 35.5 Å². The second-order valence-electron chi connectivity index (χ2n) is 7.63. The third-order valence-electron chi connectivity index (χ3n) is 6.65. The predicted octanol–water partition coefficient (Wildman–Crippen LogP) is 3.34. The maximum Gasteiger partial charge on any atom is 0.298 e. The van der Waals surface area contributed by atoms with Crippen LogP contribution in [-0.2, 0) is 11.2 Å². The summed E-state index contributed by atoms with van der Waals surface area (Å²) in [6.45, 7) is 4.30. The highest BCUT2D eigenvalue weighted by Gasteiger charge is 2.52. The van der Waals surface area contributed by atoms with Gasteiger partial charge >= 0.3 is 0 Å². The molecule has 4 heterocycles. The summed E-state index contributed by atoms with van der Waals surface area (Å²) in [5.41, 5.74) is 3.26. The van der Waals surface area contributed by atoms with Gasteiger partial charge in [0.1, 0.15) is 0 Å². The molecule has 1 aromatic carbocycles. The standard InChI is InChI=1S/C20H22N2O2/c1-2-20-9-5-10-21-11-8-14-13-6-3-4-7-15(13)22(17(14)18(20)21)19(24)16(23)12-20/h3-4,6-7,18H,2,5,8-12H2,1H3/t18-,20-/m0/s1. The minimum Gasteiger partial charge on any atom is -0.294 e. The summed E-state index contributed by atoms with van der Waals surface area (Å²) >= 11 is 0. The van der Waals surface area contributed by atoms with Crippen LogP contribution in [0.5, 0.6) is 0 Å². The minimum atomic E-state index is -0.323. The number of rotatable bonds is 1. The SMILES string of the molecule is CC[C@]12CCCN3CCc4c(n(c5ccccc45)C(=O)C(=O)C1)[C@H]32. The van der Waals surface area contributed by atoms with Crippen LogP contribution in [0.2, 0.25) is 0 Å². The van der Waals surface area contributed by atoms with E-state index in [2.05, 4.69) is 17.9 Å². The number of aromatic nitrogens is 1. The highest BCUT2D eigenvalue weighted by Crippen LogP contribution is 2.55. The Morgan fingerprint density at radius 1 is 1.21 bits per heavy atom. The first-order chi connectivity index (χ1) is 11.7. The Balaban J connectivity index is 1.90. The van der Waals surface area contributed by atoms with Gasteiger partial charge in [-0.25, -0.2) is 0 Å². The average molecular weight is 322 g/mol. The van der Waals surface area contributed by atoms with Crippen molar-refractivity contribution in [2.24, 2.45) is 5.41 Å². The first-order valence-electron chi connectivity index (χ1n) is 9.10. The number of benzene rings is 1. The summed E-state index contributed by atoms with van der Waals surface area (Å²) < 4.78 is 1.77. The molecule has 0 unspecified atom stereocenters. The van der Waals surface area contributed by atoms with Crippen molar-refractivity contribution in [1.29, 1.82) is 0 Å². The Kier molecular flexibility index (Phi) is 2.88. The topological polar surface area (TPSA) is 42.3 Å². The molecular formula is C20H22N2O2. The van der Waals surface area contributed by atoms with Crippen molar-refractivity contribution < 1.29 is 9.59 Å². The summed E-state index contributed by atoms with van der Waals surface area (Å²) in [5, 5.41) is 1.16. The number of ketones is 1. The van der Waals surface area contributed by atoms with Crippen LogP contribution in [0, 0.1) is 5.41 Å². The average Bonchev–Trinajstić information content (AvgIpc) is 2.90. The van der Waals surface area contributed by atoms with Crippen LogP contribution >= 0.6 is 0 Å². The van der Waals surface area contributed by atoms with E-state index in [1.165, 1.54) is 5.56 Å². The number of hydrogen-bond acceptors (Lipinski definition) is 3. The first kappa shape index (κ1) is 14.4. The highest BCUT2D eigenvalue weighted by molar-refractivity contribution is 6.38. The first-order valence-corrected chi connectivity index (χ1v) is 9.10.